The van der Waals surface area contributed by atoms with Crippen molar-refractivity contribution in [2.75, 3.05) is 19.0 Å². The van der Waals surface area contributed by atoms with Crippen LogP contribution in [-0.4, -0.2) is 24.7 Å². The number of fused-ring (bicyclic) bond motifs is 2. The molecule has 0 fully saturated rings. The summed E-state index contributed by atoms with van der Waals surface area (Å²) in [5.74, 6) is 0.405. The number of rotatable bonds is 5. The van der Waals surface area contributed by atoms with Crippen LogP contribution in [0.25, 0.3) is 21.8 Å². The highest BCUT2D eigenvalue weighted by atomic mass is 35.5. The Balaban J connectivity index is 0.00000240. The molecule has 0 radical (unpaired) electrons. The van der Waals surface area contributed by atoms with E-state index in [4.69, 9.17) is 14.5 Å². The third-order valence-electron chi connectivity index (χ3n) is 4.56. The zero-order valence-corrected chi connectivity index (χ0v) is 17.0. The van der Waals surface area contributed by atoms with Crippen LogP contribution < -0.4 is 10.1 Å². The summed E-state index contributed by atoms with van der Waals surface area (Å²) < 4.78 is 10.6. The molecule has 0 unspecified atom stereocenters. The second kappa shape index (κ2) is 8.80. The molecule has 1 N–H and O–H groups in total. The smallest absolute Gasteiger partial charge is 0.338 e. The normalized spacial score (nSPS) is 10.4. The second-order valence-electron chi connectivity index (χ2n) is 6.28. The van der Waals surface area contributed by atoms with E-state index >= 15 is 0 Å². The molecule has 0 spiro atoms. The maximum absolute atomic E-state index is 11.9. The third kappa shape index (κ3) is 3.96. The highest BCUT2D eigenvalue weighted by Gasteiger charge is 2.13. The van der Waals surface area contributed by atoms with Crippen LogP contribution in [0.15, 0.2) is 66.7 Å². The van der Waals surface area contributed by atoms with E-state index in [1.54, 1.807) is 26.2 Å². The molecule has 0 aliphatic rings. The molecule has 0 amide bonds. The minimum absolute atomic E-state index is 0. The molecule has 1 heterocycles. The van der Waals surface area contributed by atoms with Gasteiger partial charge in [-0.3, -0.25) is 0 Å². The van der Waals surface area contributed by atoms with Gasteiger partial charge in [-0.2, -0.15) is 0 Å². The molecule has 0 saturated carbocycles. The number of carbonyl (C=O) groups is 1. The minimum Gasteiger partial charge on any atom is -0.494 e. The first-order chi connectivity index (χ1) is 13.7. The molecule has 5 nitrogen and oxygen atoms in total. The lowest BCUT2D eigenvalue weighted by atomic mass is 10.1. The van der Waals surface area contributed by atoms with E-state index in [-0.39, 0.29) is 18.4 Å². The summed E-state index contributed by atoms with van der Waals surface area (Å²) in [6.07, 6.45) is 0. The van der Waals surface area contributed by atoms with Crippen molar-refractivity contribution in [3.05, 3.63) is 72.3 Å². The maximum atomic E-state index is 11.9. The van der Waals surface area contributed by atoms with Crippen molar-refractivity contribution in [1.82, 2.24) is 4.98 Å². The lowest BCUT2D eigenvalue weighted by Crippen LogP contribution is -2.04. The Hall–Kier alpha value is -3.31. The van der Waals surface area contributed by atoms with Crippen LogP contribution in [0.3, 0.4) is 0 Å². The van der Waals surface area contributed by atoms with Crippen LogP contribution in [0.5, 0.6) is 5.75 Å². The Morgan fingerprint density at radius 2 is 1.69 bits per heavy atom. The highest BCUT2D eigenvalue weighted by Crippen LogP contribution is 2.36. The third-order valence-corrected chi connectivity index (χ3v) is 4.56. The number of halogens is 1. The average molecular weight is 409 g/mol. The molecule has 0 aliphatic heterocycles. The van der Waals surface area contributed by atoms with Crippen molar-refractivity contribution in [1.29, 1.82) is 0 Å². The summed E-state index contributed by atoms with van der Waals surface area (Å²) >= 11 is 0. The number of nitrogens with zero attached hydrogens (tertiary/aromatic N) is 1. The fourth-order valence-corrected chi connectivity index (χ4v) is 3.24. The van der Waals surface area contributed by atoms with Gasteiger partial charge >= 0.3 is 5.97 Å². The van der Waals surface area contributed by atoms with Gasteiger partial charge in [0, 0.05) is 16.5 Å². The molecule has 0 aliphatic carbocycles. The maximum Gasteiger partial charge on any atom is 0.338 e. The quantitative estimate of drug-likeness (QED) is 0.337. The van der Waals surface area contributed by atoms with Gasteiger partial charge in [-0.1, -0.05) is 30.3 Å². The standard InChI is InChI=1S/C23H20N2O3.ClH/c1-3-28-23(26)15-11-13-16(14-12-15)24-21-17-7-4-5-9-19(17)25-22-18(21)8-6-10-20(22)27-2;/h4-14H,3H2,1-2H3,(H,24,25);1H. The van der Waals surface area contributed by atoms with Crippen LogP contribution in [0.4, 0.5) is 11.4 Å². The first-order valence-corrected chi connectivity index (χ1v) is 9.11. The second-order valence-corrected chi connectivity index (χ2v) is 6.28. The molecule has 1 aromatic heterocycles. The number of para-hydroxylation sites is 2. The first-order valence-electron chi connectivity index (χ1n) is 9.11. The van der Waals surface area contributed by atoms with Crippen LogP contribution in [-0.2, 0) is 4.74 Å². The summed E-state index contributed by atoms with van der Waals surface area (Å²) in [6, 6.07) is 21.1. The molecule has 0 atom stereocenters. The van der Waals surface area contributed by atoms with E-state index in [1.807, 2.05) is 54.6 Å². The molecule has 148 valence electrons. The van der Waals surface area contributed by atoms with Crippen LogP contribution in [0, 0.1) is 0 Å². The monoisotopic (exact) mass is 408 g/mol. The Bertz CT molecular complexity index is 1160. The SMILES string of the molecule is CCOC(=O)c1ccc(Nc2c3ccccc3nc3c(OC)cccc23)cc1.Cl. The van der Waals surface area contributed by atoms with Crippen LogP contribution in [0.1, 0.15) is 17.3 Å². The fourth-order valence-electron chi connectivity index (χ4n) is 3.24. The Labute approximate surface area is 175 Å². The van der Waals surface area contributed by atoms with Crippen molar-refractivity contribution in [2.45, 2.75) is 6.92 Å². The number of benzene rings is 3. The Morgan fingerprint density at radius 3 is 2.41 bits per heavy atom. The van der Waals surface area contributed by atoms with E-state index in [0.717, 1.165) is 38.9 Å². The van der Waals surface area contributed by atoms with Gasteiger partial charge < -0.3 is 14.8 Å². The number of esters is 1. The number of ether oxygens (including phenoxy) is 2. The van der Waals surface area contributed by atoms with Crippen molar-refractivity contribution >= 4 is 51.6 Å². The topological polar surface area (TPSA) is 60.5 Å². The predicted molar refractivity (Wildman–Crippen MR) is 119 cm³/mol. The first kappa shape index (κ1) is 20.4. The van der Waals surface area contributed by atoms with Gasteiger partial charge in [0.15, 0.2) is 0 Å². The van der Waals surface area contributed by atoms with Gasteiger partial charge in [-0.25, -0.2) is 9.78 Å². The molecular weight excluding hydrogens is 388 g/mol. The summed E-state index contributed by atoms with van der Waals surface area (Å²) in [5.41, 5.74) is 4.02. The number of hydrogen-bond acceptors (Lipinski definition) is 5. The van der Waals surface area contributed by atoms with Gasteiger partial charge in [0.1, 0.15) is 11.3 Å². The number of pyridine rings is 1. The number of anilines is 2. The molecule has 0 bridgehead atoms. The molecule has 0 saturated heterocycles. The fraction of sp³-hybridized carbons (Fsp3) is 0.130. The van der Waals surface area contributed by atoms with Crippen molar-refractivity contribution in [2.24, 2.45) is 0 Å². The summed E-state index contributed by atoms with van der Waals surface area (Å²) in [7, 11) is 1.65. The van der Waals surface area contributed by atoms with Crippen molar-refractivity contribution < 1.29 is 14.3 Å². The van der Waals surface area contributed by atoms with Gasteiger partial charge in [0.05, 0.1) is 30.5 Å². The van der Waals surface area contributed by atoms with Crippen molar-refractivity contribution in [3.63, 3.8) is 0 Å². The molecule has 4 rings (SSSR count). The lowest BCUT2D eigenvalue weighted by Gasteiger charge is -2.15. The molecule has 6 heteroatoms. The summed E-state index contributed by atoms with van der Waals surface area (Å²) in [5, 5.41) is 5.47. The number of hydrogen-bond donors (Lipinski definition) is 1. The van der Waals surface area contributed by atoms with Crippen LogP contribution in [0.2, 0.25) is 0 Å². The van der Waals surface area contributed by atoms with E-state index < -0.39 is 0 Å². The molecular formula is C23H21ClN2O3. The number of methoxy groups -OCH3 is 1. The van der Waals surface area contributed by atoms with Gasteiger partial charge in [0.25, 0.3) is 0 Å². The average Bonchev–Trinajstić information content (AvgIpc) is 2.74. The molecule has 29 heavy (non-hydrogen) atoms. The predicted octanol–water partition coefficient (Wildman–Crippen LogP) is 5.74. The largest absolute Gasteiger partial charge is 0.494 e. The van der Waals surface area contributed by atoms with E-state index in [2.05, 4.69) is 5.32 Å². The number of carbonyl (C=O) groups excluding carboxylic acids is 1. The van der Waals surface area contributed by atoms with Crippen molar-refractivity contribution in [3.8, 4) is 5.75 Å². The van der Waals surface area contributed by atoms with Crippen LogP contribution >= 0.6 is 12.4 Å². The zero-order chi connectivity index (χ0) is 19.5. The molecule has 4 aromatic rings. The highest BCUT2D eigenvalue weighted by molar-refractivity contribution is 6.10. The Kier molecular flexibility index (Phi) is 6.20. The van der Waals surface area contributed by atoms with E-state index in [1.165, 1.54) is 0 Å². The lowest BCUT2D eigenvalue weighted by molar-refractivity contribution is 0.0526. The van der Waals surface area contributed by atoms with E-state index in [0.29, 0.717) is 12.2 Å². The molecule has 3 aromatic carbocycles. The zero-order valence-electron chi connectivity index (χ0n) is 16.1. The van der Waals surface area contributed by atoms with Gasteiger partial charge in [0.2, 0.25) is 0 Å². The van der Waals surface area contributed by atoms with E-state index in [9.17, 15) is 4.79 Å². The summed E-state index contributed by atoms with van der Waals surface area (Å²) in [4.78, 5) is 16.7. The number of nitrogens with one attached hydrogen (secondary N) is 1. The Morgan fingerprint density at radius 1 is 0.966 bits per heavy atom. The minimum atomic E-state index is -0.321. The summed E-state index contributed by atoms with van der Waals surface area (Å²) in [6.45, 7) is 2.15. The van der Waals surface area contributed by atoms with Gasteiger partial charge in [-0.15, -0.1) is 12.4 Å². The van der Waals surface area contributed by atoms with Gasteiger partial charge in [-0.05, 0) is 43.3 Å². The number of aromatic nitrogens is 1.